The Hall–Kier alpha value is -0.700. The summed E-state index contributed by atoms with van der Waals surface area (Å²) in [6.45, 7) is 1.78. The molecule has 1 saturated heterocycles. The van der Waals surface area contributed by atoms with Crippen LogP contribution in [0.4, 0.5) is 0 Å². The lowest BCUT2D eigenvalue weighted by Crippen LogP contribution is -2.56. The zero-order chi connectivity index (χ0) is 15.4. The summed E-state index contributed by atoms with van der Waals surface area (Å²) in [7, 11) is -3.20. The smallest absolute Gasteiger partial charge is 0.223 e. The Labute approximate surface area is 120 Å². The highest BCUT2D eigenvalue weighted by atomic mass is 32.2. The van der Waals surface area contributed by atoms with Crippen LogP contribution in [-0.4, -0.2) is 66.9 Å². The summed E-state index contributed by atoms with van der Waals surface area (Å²) in [6.07, 6.45) is 2.49. The molecule has 0 saturated carbocycles. The van der Waals surface area contributed by atoms with Crippen LogP contribution in [-0.2, 0) is 14.8 Å². The van der Waals surface area contributed by atoms with Gasteiger partial charge in [0, 0.05) is 19.0 Å². The van der Waals surface area contributed by atoms with E-state index < -0.39 is 15.6 Å². The minimum absolute atomic E-state index is 0.233. The summed E-state index contributed by atoms with van der Waals surface area (Å²) >= 11 is 0. The number of sulfonamides is 1. The van der Waals surface area contributed by atoms with Crippen LogP contribution < -0.4 is 5.32 Å². The van der Waals surface area contributed by atoms with Gasteiger partial charge in [-0.25, -0.2) is 12.7 Å². The second kappa shape index (κ2) is 6.84. The number of aliphatic hydroxyl groups is 2. The van der Waals surface area contributed by atoms with Gasteiger partial charge in [0.05, 0.1) is 25.0 Å². The van der Waals surface area contributed by atoms with Crippen molar-refractivity contribution in [2.75, 3.05) is 32.6 Å². The maximum atomic E-state index is 12.1. The van der Waals surface area contributed by atoms with Gasteiger partial charge in [-0.3, -0.25) is 4.79 Å². The molecule has 0 unspecified atom stereocenters. The first-order valence-electron chi connectivity index (χ1n) is 6.77. The molecule has 0 aromatic rings. The zero-order valence-corrected chi connectivity index (χ0v) is 12.8. The lowest BCUT2D eigenvalue weighted by Gasteiger charge is -2.34. The third-order valence-electron chi connectivity index (χ3n) is 3.96. The second-order valence-electron chi connectivity index (χ2n) is 5.38. The van der Waals surface area contributed by atoms with Crippen molar-refractivity contribution in [3.63, 3.8) is 0 Å². The molecule has 1 fully saturated rings. The van der Waals surface area contributed by atoms with Crippen LogP contribution in [0.2, 0.25) is 0 Å². The SMILES string of the molecule is CCC(CO)(CO)NC(=O)C1CCN(S(C)(=O)=O)CC1. The van der Waals surface area contributed by atoms with E-state index in [4.69, 9.17) is 0 Å². The highest BCUT2D eigenvalue weighted by molar-refractivity contribution is 7.88. The summed E-state index contributed by atoms with van der Waals surface area (Å²) in [5.41, 5.74) is -0.995. The lowest BCUT2D eigenvalue weighted by atomic mass is 9.93. The summed E-state index contributed by atoms with van der Waals surface area (Å²) in [4.78, 5) is 12.1. The van der Waals surface area contributed by atoms with Gasteiger partial charge in [-0.2, -0.15) is 0 Å². The molecule has 8 heteroatoms. The van der Waals surface area contributed by atoms with Gasteiger partial charge in [0.2, 0.25) is 15.9 Å². The van der Waals surface area contributed by atoms with E-state index in [0.29, 0.717) is 32.4 Å². The number of hydrogen-bond acceptors (Lipinski definition) is 5. The van der Waals surface area contributed by atoms with Gasteiger partial charge in [0.25, 0.3) is 0 Å². The molecule has 20 heavy (non-hydrogen) atoms. The van der Waals surface area contributed by atoms with E-state index in [-0.39, 0.29) is 25.0 Å². The molecule has 1 aliphatic heterocycles. The van der Waals surface area contributed by atoms with Crippen molar-refractivity contribution >= 4 is 15.9 Å². The van der Waals surface area contributed by atoms with Crippen molar-refractivity contribution in [1.29, 1.82) is 0 Å². The Balaban J connectivity index is 2.59. The molecule has 3 N–H and O–H groups in total. The monoisotopic (exact) mass is 308 g/mol. The molecule has 7 nitrogen and oxygen atoms in total. The summed E-state index contributed by atoms with van der Waals surface area (Å²) in [5, 5.41) is 21.3. The summed E-state index contributed by atoms with van der Waals surface area (Å²) in [6, 6.07) is 0. The number of piperidine rings is 1. The standard InChI is InChI=1S/C12H24N2O5S/c1-3-12(8-15,9-16)13-11(17)10-4-6-14(7-5-10)20(2,18)19/h10,15-16H,3-9H2,1-2H3,(H,13,17). The van der Waals surface area contributed by atoms with Crippen molar-refractivity contribution in [2.45, 2.75) is 31.7 Å². The number of carbonyl (C=O) groups excluding carboxylic acids is 1. The van der Waals surface area contributed by atoms with E-state index in [1.54, 1.807) is 6.92 Å². The fraction of sp³-hybridized carbons (Fsp3) is 0.917. The molecule has 1 aliphatic rings. The summed E-state index contributed by atoms with van der Waals surface area (Å²) < 4.78 is 24.1. The number of rotatable bonds is 6. The van der Waals surface area contributed by atoms with Gasteiger partial charge in [0.15, 0.2) is 0 Å². The van der Waals surface area contributed by atoms with Gasteiger partial charge in [-0.15, -0.1) is 0 Å². The largest absolute Gasteiger partial charge is 0.394 e. The number of aliphatic hydroxyl groups excluding tert-OH is 2. The molecule has 118 valence electrons. The average molecular weight is 308 g/mol. The first kappa shape index (κ1) is 17.4. The van der Waals surface area contributed by atoms with E-state index in [2.05, 4.69) is 5.32 Å². The van der Waals surface area contributed by atoms with Gasteiger partial charge < -0.3 is 15.5 Å². The molecule has 0 aromatic heterocycles. The van der Waals surface area contributed by atoms with Crippen LogP contribution in [0.3, 0.4) is 0 Å². The molecular weight excluding hydrogens is 284 g/mol. The molecule has 1 rings (SSSR count). The molecule has 0 atom stereocenters. The molecule has 0 bridgehead atoms. The van der Waals surface area contributed by atoms with E-state index in [9.17, 15) is 23.4 Å². The van der Waals surface area contributed by atoms with E-state index in [1.807, 2.05) is 0 Å². The van der Waals surface area contributed by atoms with Crippen LogP contribution in [0.5, 0.6) is 0 Å². The normalized spacial score (nSPS) is 19.0. The van der Waals surface area contributed by atoms with Crippen LogP contribution in [0, 0.1) is 5.92 Å². The Morgan fingerprint density at radius 2 is 1.80 bits per heavy atom. The molecular formula is C12H24N2O5S. The van der Waals surface area contributed by atoms with Crippen LogP contribution in [0.15, 0.2) is 0 Å². The van der Waals surface area contributed by atoms with Crippen molar-refractivity contribution in [3.8, 4) is 0 Å². The van der Waals surface area contributed by atoms with Gasteiger partial charge in [-0.05, 0) is 19.3 Å². The maximum absolute atomic E-state index is 12.1. The average Bonchev–Trinajstić information content (AvgIpc) is 2.44. The first-order chi connectivity index (χ1) is 9.28. The Bertz CT molecular complexity index is 417. The fourth-order valence-electron chi connectivity index (χ4n) is 2.25. The van der Waals surface area contributed by atoms with Gasteiger partial charge in [-0.1, -0.05) is 6.92 Å². The summed E-state index contributed by atoms with van der Waals surface area (Å²) in [5.74, 6) is -0.514. The number of hydrogen-bond donors (Lipinski definition) is 3. The van der Waals surface area contributed by atoms with E-state index in [1.165, 1.54) is 4.31 Å². The molecule has 0 aliphatic carbocycles. The van der Waals surface area contributed by atoms with Crippen molar-refractivity contribution < 1.29 is 23.4 Å². The van der Waals surface area contributed by atoms with Crippen molar-refractivity contribution in [2.24, 2.45) is 5.92 Å². The Kier molecular flexibility index (Phi) is 5.93. The number of nitrogens with zero attached hydrogens (tertiary/aromatic N) is 1. The number of amides is 1. The number of carbonyl (C=O) groups is 1. The maximum Gasteiger partial charge on any atom is 0.223 e. The predicted octanol–water partition coefficient (Wildman–Crippen LogP) is -1.09. The topological polar surface area (TPSA) is 107 Å². The lowest BCUT2D eigenvalue weighted by molar-refractivity contribution is -0.129. The van der Waals surface area contributed by atoms with Crippen LogP contribution in [0.25, 0.3) is 0 Å². The van der Waals surface area contributed by atoms with Gasteiger partial charge >= 0.3 is 0 Å². The van der Waals surface area contributed by atoms with Crippen LogP contribution in [0.1, 0.15) is 26.2 Å². The number of nitrogens with one attached hydrogen (secondary N) is 1. The Morgan fingerprint density at radius 3 is 2.15 bits per heavy atom. The molecule has 0 aromatic carbocycles. The highest BCUT2D eigenvalue weighted by Crippen LogP contribution is 2.20. The minimum Gasteiger partial charge on any atom is -0.394 e. The quantitative estimate of drug-likeness (QED) is 0.578. The zero-order valence-electron chi connectivity index (χ0n) is 12.0. The minimum atomic E-state index is -3.20. The highest BCUT2D eigenvalue weighted by Gasteiger charge is 2.34. The Morgan fingerprint density at radius 1 is 1.30 bits per heavy atom. The van der Waals surface area contributed by atoms with Crippen molar-refractivity contribution in [3.05, 3.63) is 0 Å². The van der Waals surface area contributed by atoms with E-state index in [0.717, 1.165) is 6.26 Å². The first-order valence-corrected chi connectivity index (χ1v) is 8.61. The van der Waals surface area contributed by atoms with E-state index >= 15 is 0 Å². The third kappa shape index (κ3) is 4.15. The predicted molar refractivity (Wildman–Crippen MR) is 74.5 cm³/mol. The molecule has 0 radical (unpaired) electrons. The third-order valence-corrected chi connectivity index (χ3v) is 5.27. The fourth-order valence-corrected chi connectivity index (χ4v) is 3.13. The second-order valence-corrected chi connectivity index (χ2v) is 7.36. The molecule has 0 spiro atoms. The molecule has 1 heterocycles. The van der Waals surface area contributed by atoms with Crippen molar-refractivity contribution in [1.82, 2.24) is 9.62 Å². The molecule has 1 amide bonds. The van der Waals surface area contributed by atoms with Crippen LogP contribution >= 0.6 is 0 Å². The van der Waals surface area contributed by atoms with Gasteiger partial charge in [0.1, 0.15) is 0 Å².